The summed E-state index contributed by atoms with van der Waals surface area (Å²) in [4.78, 5) is 11.5. The highest BCUT2D eigenvalue weighted by atomic mass is 19.4. The summed E-state index contributed by atoms with van der Waals surface area (Å²) in [6.07, 6.45) is -3.36. The van der Waals surface area contributed by atoms with Crippen molar-refractivity contribution in [2.24, 2.45) is 0 Å². The van der Waals surface area contributed by atoms with E-state index in [2.05, 4.69) is 0 Å². The van der Waals surface area contributed by atoms with Crippen molar-refractivity contribution < 1.29 is 18.0 Å². The number of Topliss-reactive ketones (excluding diaryl/α,β-unsaturated/α-hetero) is 1. The average molecular weight is 226 g/mol. The largest absolute Gasteiger partial charge is 0.416 e. The van der Waals surface area contributed by atoms with Gasteiger partial charge in [0, 0.05) is 12.3 Å². The minimum atomic E-state index is -4.35. The van der Waals surface area contributed by atoms with Crippen LogP contribution in [0.1, 0.15) is 41.4 Å². The van der Waals surface area contributed by atoms with Gasteiger partial charge in [-0.2, -0.15) is 13.2 Å². The highest BCUT2D eigenvalue weighted by Crippen LogP contribution is 2.54. The molecule has 0 saturated heterocycles. The third kappa shape index (κ3) is 1.16. The van der Waals surface area contributed by atoms with Crippen molar-refractivity contribution in [1.29, 1.82) is 0 Å². The Morgan fingerprint density at radius 1 is 1.25 bits per heavy atom. The van der Waals surface area contributed by atoms with Crippen molar-refractivity contribution in [2.45, 2.75) is 30.9 Å². The maximum atomic E-state index is 12.8. The van der Waals surface area contributed by atoms with Gasteiger partial charge in [-0.1, -0.05) is 12.1 Å². The molecule has 0 amide bonds. The first-order valence-corrected chi connectivity index (χ1v) is 5.21. The van der Waals surface area contributed by atoms with Crippen molar-refractivity contribution in [3.63, 3.8) is 0 Å². The molecule has 4 heteroatoms. The lowest BCUT2D eigenvalue weighted by molar-refractivity contribution is -0.138. The molecular weight excluding hydrogens is 217 g/mol. The van der Waals surface area contributed by atoms with Crippen LogP contribution in [0.4, 0.5) is 13.2 Å². The van der Waals surface area contributed by atoms with Crippen LogP contribution in [0.25, 0.3) is 0 Å². The van der Waals surface area contributed by atoms with Crippen LogP contribution >= 0.6 is 0 Å². The number of hydrogen-bond donors (Lipinski definition) is 0. The van der Waals surface area contributed by atoms with Crippen LogP contribution in [0.3, 0.4) is 0 Å². The maximum Gasteiger partial charge on any atom is 0.416 e. The van der Waals surface area contributed by atoms with Gasteiger partial charge in [0.05, 0.1) is 5.56 Å². The van der Waals surface area contributed by atoms with Gasteiger partial charge >= 0.3 is 6.18 Å². The predicted molar refractivity (Wildman–Crippen MR) is 51.2 cm³/mol. The van der Waals surface area contributed by atoms with Crippen molar-refractivity contribution in [1.82, 2.24) is 0 Å². The van der Waals surface area contributed by atoms with E-state index in [1.807, 2.05) is 0 Å². The normalized spacial score (nSPS) is 27.3. The van der Waals surface area contributed by atoms with E-state index in [4.69, 9.17) is 0 Å². The van der Waals surface area contributed by atoms with Crippen molar-refractivity contribution in [3.05, 3.63) is 34.9 Å². The van der Waals surface area contributed by atoms with Gasteiger partial charge in [-0.05, 0) is 29.5 Å². The zero-order valence-corrected chi connectivity index (χ0v) is 8.34. The van der Waals surface area contributed by atoms with Gasteiger partial charge < -0.3 is 0 Å². The van der Waals surface area contributed by atoms with Crippen LogP contribution in [0.5, 0.6) is 0 Å². The molecule has 1 aromatic rings. The first kappa shape index (κ1) is 9.87. The van der Waals surface area contributed by atoms with E-state index < -0.39 is 17.7 Å². The second-order valence-corrected chi connectivity index (χ2v) is 4.46. The van der Waals surface area contributed by atoms with E-state index in [-0.39, 0.29) is 17.3 Å². The molecule has 2 atom stereocenters. The number of alkyl halides is 3. The van der Waals surface area contributed by atoms with Gasteiger partial charge in [0.15, 0.2) is 0 Å². The molecule has 84 valence electrons. The Hall–Kier alpha value is -1.32. The highest BCUT2D eigenvalue weighted by molar-refractivity contribution is 5.92. The summed E-state index contributed by atoms with van der Waals surface area (Å²) in [5.41, 5.74) is 0.362. The lowest BCUT2D eigenvalue weighted by Crippen LogP contribution is -2.16. The SMILES string of the molecule is O=C1CC2CC1c1c2cccc1C(F)(F)F. The Kier molecular flexibility index (Phi) is 1.77. The first-order chi connectivity index (χ1) is 7.48. The molecule has 1 fully saturated rings. The summed E-state index contributed by atoms with van der Waals surface area (Å²) >= 11 is 0. The Morgan fingerprint density at radius 2 is 2.00 bits per heavy atom. The van der Waals surface area contributed by atoms with Crippen LogP contribution in [0.15, 0.2) is 18.2 Å². The molecule has 2 aliphatic carbocycles. The Bertz CT molecular complexity index is 476. The molecule has 0 aromatic heterocycles. The quantitative estimate of drug-likeness (QED) is 0.663. The summed E-state index contributed by atoms with van der Waals surface area (Å²) in [6, 6.07) is 4.24. The first-order valence-electron chi connectivity index (χ1n) is 5.21. The average Bonchev–Trinajstić information content (AvgIpc) is 2.73. The number of hydrogen-bond acceptors (Lipinski definition) is 1. The smallest absolute Gasteiger partial charge is 0.299 e. The van der Waals surface area contributed by atoms with Crippen LogP contribution < -0.4 is 0 Å². The van der Waals surface area contributed by atoms with E-state index in [9.17, 15) is 18.0 Å². The van der Waals surface area contributed by atoms with Crippen LogP contribution in [0.2, 0.25) is 0 Å². The van der Waals surface area contributed by atoms with Gasteiger partial charge in [-0.3, -0.25) is 4.79 Å². The molecule has 0 radical (unpaired) electrons. The summed E-state index contributed by atoms with van der Waals surface area (Å²) < 4.78 is 38.4. The molecule has 0 aliphatic heterocycles. The van der Waals surface area contributed by atoms with Crippen LogP contribution in [-0.4, -0.2) is 5.78 Å². The van der Waals surface area contributed by atoms with Gasteiger partial charge in [-0.15, -0.1) is 0 Å². The molecule has 0 heterocycles. The second-order valence-electron chi connectivity index (χ2n) is 4.46. The minimum absolute atomic E-state index is 0.0230. The summed E-state index contributed by atoms with van der Waals surface area (Å²) in [7, 11) is 0. The Balaban J connectivity index is 2.22. The fourth-order valence-electron chi connectivity index (χ4n) is 2.98. The lowest BCUT2D eigenvalue weighted by atomic mass is 9.87. The van der Waals surface area contributed by atoms with Gasteiger partial charge in [0.2, 0.25) is 0 Å². The standard InChI is InChI=1S/C12H9F3O/c13-12(14,15)9-3-1-2-7-6-4-8(11(7)9)10(16)5-6/h1-3,6,8H,4-5H2. The number of ketones is 1. The lowest BCUT2D eigenvalue weighted by Gasteiger charge is -2.19. The molecule has 16 heavy (non-hydrogen) atoms. The van der Waals surface area contributed by atoms with E-state index in [1.54, 1.807) is 6.07 Å². The number of halogens is 3. The number of carbonyl (C=O) groups excluding carboxylic acids is 1. The van der Waals surface area contributed by atoms with Crippen LogP contribution in [-0.2, 0) is 11.0 Å². The fraction of sp³-hybridized carbons (Fsp3) is 0.417. The molecule has 1 nitrogen and oxygen atoms in total. The van der Waals surface area contributed by atoms with Crippen molar-refractivity contribution in [2.75, 3.05) is 0 Å². The third-order valence-electron chi connectivity index (χ3n) is 3.59. The fourth-order valence-corrected chi connectivity index (χ4v) is 2.98. The molecule has 0 spiro atoms. The third-order valence-corrected chi connectivity index (χ3v) is 3.59. The molecule has 2 bridgehead atoms. The molecule has 1 aromatic carbocycles. The summed E-state index contributed by atoms with van der Waals surface area (Å²) in [5, 5.41) is 0. The zero-order valence-electron chi connectivity index (χ0n) is 8.34. The summed E-state index contributed by atoms with van der Waals surface area (Å²) in [6.45, 7) is 0. The minimum Gasteiger partial charge on any atom is -0.299 e. The van der Waals surface area contributed by atoms with E-state index in [0.29, 0.717) is 12.8 Å². The number of rotatable bonds is 0. The number of fused-ring (bicyclic) bond motifs is 5. The highest BCUT2D eigenvalue weighted by Gasteiger charge is 2.48. The summed E-state index contributed by atoms with van der Waals surface area (Å²) in [5.74, 6) is -0.512. The van der Waals surface area contributed by atoms with Gasteiger partial charge in [0.1, 0.15) is 5.78 Å². The molecule has 2 unspecified atom stereocenters. The van der Waals surface area contributed by atoms with E-state index >= 15 is 0 Å². The molecule has 3 rings (SSSR count). The van der Waals surface area contributed by atoms with Crippen molar-refractivity contribution in [3.8, 4) is 0 Å². The number of carbonyl (C=O) groups is 1. The topological polar surface area (TPSA) is 17.1 Å². The number of benzene rings is 1. The molecule has 2 aliphatic rings. The molecule has 1 saturated carbocycles. The van der Waals surface area contributed by atoms with Gasteiger partial charge in [0.25, 0.3) is 0 Å². The molecular formula is C12H9F3O. The predicted octanol–water partition coefficient (Wildman–Crippen LogP) is 3.25. The van der Waals surface area contributed by atoms with Crippen molar-refractivity contribution >= 4 is 5.78 Å². The second kappa shape index (κ2) is 2.87. The van der Waals surface area contributed by atoms with Gasteiger partial charge in [-0.25, -0.2) is 0 Å². The van der Waals surface area contributed by atoms with E-state index in [1.165, 1.54) is 6.07 Å². The zero-order chi connectivity index (χ0) is 11.5. The maximum absolute atomic E-state index is 12.8. The Morgan fingerprint density at radius 3 is 2.69 bits per heavy atom. The molecule has 0 N–H and O–H groups in total. The van der Waals surface area contributed by atoms with Crippen LogP contribution in [0, 0.1) is 0 Å². The van der Waals surface area contributed by atoms with E-state index in [0.717, 1.165) is 11.6 Å². The monoisotopic (exact) mass is 226 g/mol. The Labute approximate surface area is 90.3 Å².